The number of nitrogens with one attached hydrogen (secondary N) is 1. The maximum Gasteiger partial charge on any atom is 0.255 e. The SMILES string of the molecule is NC(=O)c1ccc(C(=O)Nc2ccc(N)c(F)c2)cc1. The third-order valence-corrected chi connectivity index (χ3v) is 2.69. The van der Waals surface area contributed by atoms with Gasteiger partial charge in [-0.25, -0.2) is 4.39 Å². The topological polar surface area (TPSA) is 98.2 Å². The van der Waals surface area contributed by atoms with Crippen LogP contribution in [0.1, 0.15) is 20.7 Å². The van der Waals surface area contributed by atoms with Crippen molar-refractivity contribution < 1.29 is 14.0 Å². The van der Waals surface area contributed by atoms with Gasteiger partial charge in [-0.15, -0.1) is 0 Å². The van der Waals surface area contributed by atoms with Crippen molar-refractivity contribution in [2.24, 2.45) is 5.73 Å². The summed E-state index contributed by atoms with van der Waals surface area (Å²) in [6.45, 7) is 0. The highest BCUT2D eigenvalue weighted by Gasteiger charge is 2.08. The number of nitrogen functional groups attached to an aromatic ring is 1. The van der Waals surface area contributed by atoms with E-state index in [1.165, 1.54) is 36.4 Å². The number of benzene rings is 2. The first kappa shape index (κ1) is 13.5. The Morgan fingerprint density at radius 2 is 1.60 bits per heavy atom. The summed E-state index contributed by atoms with van der Waals surface area (Å²) in [6.07, 6.45) is 0. The molecule has 0 aliphatic carbocycles. The van der Waals surface area contributed by atoms with E-state index in [1.807, 2.05) is 0 Å². The van der Waals surface area contributed by atoms with Crippen molar-refractivity contribution in [2.45, 2.75) is 0 Å². The normalized spacial score (nSPS) is 10.1. The van der Waals surface area contributed by atoms with Gasteiger partial charge in [0, 0.05) is 16.8 Å². The van der Waals surface area contributed by atoms with Crippen molar-refractivity contribution in [3.05, 3.63) is 59.4 Å². The average molecular weight is 273 g/mol. The Labute approximate surface area is 114 Å². The lowest BCUT2D eigenvalue weighted by atomic mass is 10.1. The van der Waals surface area contributed by atoms with Gasteiger partial charge in [0.15, 0.2) is 0 Å². The zero-order valence-corrected chi connectivity index (χ0v) is 10.4. The molecular weight excluding hydrogens is 261 g/mol. The first-order valence-electron chi connectivity index (χ1n) is 5.73. The molecule has 0 aliphatic heterocycles. The van der Waals surface area contributed by atoms with E-state index in [2.05, 4.69) is 5.32 Å². The lowest BCUT2D eigenvalue weighted by Crippen LogP contribution is -2.14. The van der Waals surface area contributed by atoms with Crippen LogP contribution in [0, 0.1) is 5.82 Å². The zero-order chi connectivity index (χ0) is 14.7. The maximum atomic E-state index is 13.2. The van der Waals surface area contributed by atoms with E-state index in [-0.39, 0.29) is 5.69 Å². The van der Waals surface area contributed by atoms with Crippen molar-refractivity contribution in [1.82, 2.24) is 0 Å². The molecule has 2 aromatic rings. The van der Waals surface area contributed by atoms with Crippen LogP contribution in [0.2, 0.25) is 0 Å². The van der Waals surface area contributed by atoms with E-state index < -0.39 is 17.6 Å². The lowest BCUT2D eigenvalue weighted by Gasteiger charge is -2.06. The van der Waals surface area contributed by atoms with Crippen LogP contribution >= 0.6 is 0 Å². The van der Waals surface area contributed by atoms with Crippen molar-refractivity contribution in [3.63, 3.8) is 0 Å². The molecule has 0 saturated heterocycles. The van der Waals surface area contributed by atoms with Gasteiger partial charge in [-0.3, -0.25) is 9.59 Å². The number of rotatable bonds is 3. The summed E-state index contributed by atoms with van der Waals surface area (Å²) in [7, 11) is 0. The Morgan fingerprint density at radius 3 is 2.15 bits per heavy atom. The van der Waals surface area contributed by atoms with Crippen LogP contribution in [0.3, 0.4) is 0 Å². The number of carbonyl (C=O) groups excluding carboxylic acids is 2. The molecule has 0 bridgehead atoms. The van der Waals surface area contributed by atoms with Crippen LogP contribution in [0.5, 0.6) is 0 Å². The number of hydrogen-bond acceptors (Lipinski definition) is 3. The molecule has 0 radical (unpaired) electrons. The van der Waals surface area contributed by atoms with Gasteiger partial charge in [-0.1, -0.05) is 0 Å². The number of amides is 2. The Hall–Kier alpha value is -2.89. The van der Waals surface area contributed by atoms with Gasteiger partial charge in [-0.2, -0.15) is 0 Å². The Bertz CT molecular complexity index is 669. The van der Waals surface area contributed by atoms with Crippen LogP contribution in [0.15, 0.2) is 42.5 Å². The molecule has 0 heterocycles. The molecule has 0 spiro atoms. The minimum absolute atomic E-state index is 0.00816. The predicted octanol–water partition coefficient (Wildman–Crippen LogP) is 1.76. The Kier molecular flexibility index (Phi) is 3.65. The summed E-state index contributed by atoms with van der Waals surface area (Å²) in [4.78, 5) is 22.8. The molecule has 2 amide bonds. The van der Waals surface area contributed by atoms with Crippen LogP contribution < -0.4 is 16.8 Å². The molecule has 0 fully saturated rings. The molecule has 0 atom stereocenters. The Balaban J connectivity index is 2.15. The Morgan fingerprint density at radius 1 is 1.00 bits per heavy atom. The highest BCUT2D eigenvalue weighted by Crippen LogP contribution is 2.16. The second-order valence-electron chi connectivity index (χ2n) is 4.13. The van der Waals surface area contributed by atoms with Crippen LogP contribution in [0.25, 0.3) is 0 Å². The van der Waals surface area contributed by atoms with E-state index in [9.17, 15) is 14.0 Å². The second-order valence-corrected chi connectivity index (χ2v) is 4.13. The number of hydrogen-bond donors (Lipinski definition) is 3. The predicted molar refractivity (Wildman–Crippen MR) is 73.7 cm³/mol. The van der Waals surface area contributed by atoms with E-state index in [1.54, 1.807) is 0 Å². The van der Waals surface area contributed by atoms with E-state index in [0.29, 0.717) is 16.8 Å². The highest BCUT2D eigenvalue weighted by atomic mass is 19.1. The third-order valence-electron chi connectivity index (χ3n) is 2.69. The van der Waals surface area contributed by atoms with Gasteiger partial charge in [0.05, 0.1) is 5.69 Å². The van der Waals surface area contributed by atoms with Gasteiger partial charge in [0.1, 0.15) is 5.82 Å². The van der Waals surface area contributed by atoms with E-state index in [0.717, 1.165) is 6.07 Å². The first-order chi connectivity index (χ1) is 9.47. The number of carbonyl (C=O) groups is 2. The van der Waals surface area contributed by atoms with Crippen molar-refractivity contribution in [2.75, 3.05) is 11.1 Å². The molecule has 2 aromatic carbocycles. The molecular formula is C14H12FN3O2. The molecule has 5 nitrogen and oxygen atoms in total. The van der Waals surface area contributed by atoms with Crippen molar-refractivity contribution in [3.8, 4) is 0 Å². The fourth-order valence-corrected chi connectivity index (χ4v) is 1.59. The van der Waals surface area contributed by atoms with Gasteiger partial charge in [0.25, 0.3) is 5.91 Å². The van der Waals surface area contributed by atoms with Gasteiger partial charge < -0.3 is 16.8 Å². The zero-order valence-electron chi connectivity index (χ0n) is 10.4. The summed E-state index contributed by atoms with van der Waals surface area (Å²) in [5.74, 6) is -1.60. The first-order valence-corrected chi connectivity index (χ1v) is 5.73. The quantitative estimate of drug-likeness (QED) is 0.743. The third kappa shape index (κ3) is 2.92. The van der Waals surface area contributed by atoms with Gasteiger partial charge >= 0.3 is 0 Å². The molecule has 2 rings (SSSR count). The van der Waals surface area contributed by atoms with Crippen molar-refractivity contribution >= 4 is 23.2 Å². The minimum atomic E-state index is -0.605. The molecule has 20 heavy (non-hydrogen) atoms. The molecule has 0 unspecified atom stereocenters. The summed E-state index contributed by atoms with van der Waals surface area (Å²) in [5.41, 5.74) is 11.4. The minimum Gasteiger partial charge on any atom is -0.396 e. The van der Waals surface area contributed by atoms with E-state index in [4.69, 9.17) is 11.5 Å². The molecule has 102 valence electrons. The number of anilines is 2. The van der Waals surface area contributed by atoms with Gasteiger partial charge in [-0.05, 0) is 42.5 Å². The van der Waals surface area contributed by atoms with Gasteiger partial charge in [0.2, 0.25) is 5.91 Å². The molecule has 6 heteroatoms. The molecule has 0 aliphatic rings. The monoisotopic (exact) mass is 273 g/mol. The van der Waals surface area contributed by atoms with Crippen LogP contribution in [-0.2, 0) is 0 Å². The molecule has 0 saturated carbocycles. The molecule has 0 aromatic heterocycles. The maximum absolute atomic E-state index is 13.2. The summed E-state index contributed by atoms with van der Waals surface area (Å²) < 4.78 is 13.2. The summed E-state index contributed by atoms with van der Waals surface area (Å²) >= 11 is 0. The fraction of sp³-hybridized carbons (Fsp3) is 0. The number of halogens is 1. The largest absolute Gasteiger partial charge is 0.396 e. The standard InChI is InChI=1S/C14H12FN3O2/c15-11-7-10(5-6-12(11)16)18-14(20)9-3-1-8(2-4-9)13(17)19/h1-7H,16H2,(H2,17,19)(H,18,20). The summed E-state index contributed by atoms with van der Waals surface area (Å²) in [5, 5.41) is 2.52. The van der Waals surface area contributed by atoms with Crippen LogP contribution in [0.4, 0.5) is 15.8 Å². The molecule has 5 N–H and O–H groups in total. The van der Waals surface area contributed by atoms with Crippen molar-refractivity contribution in [1.29, 1.82) is 0 Å². The number of nitrogens with two attached hydrogens (primary N) is 2. The van der Waals surface area contributed by atoms with Crippen LogP contribution in [-0.4, -0.2) is 11.8 Å². The number of primary amides is 1. The smallest absolute Gasteiger partial charge is 0.255 e. The highest BCUT2D eigenvalue weighted by molar-refractivity contribution is 6.05. The van der Waals surface area contributed by atoms with E-state index >= 15 is 0 Å². The fourth-order valence-electron chi connectivity index (χ4n) is 1.59. The summed E-state index contributed by atoms with van der Waals surface area (Å²) in [6, 6.07) is 9.80. The lowest BCUT2D eigenvalue weighted by molar-refractivity contribution is 0.0995. The second kappa shape index (κ2) is 5.40. The average Bonchev–Trinajstić information content (AvgIpc) is 2.43.